The van der Waals surface area contributed by atoms with Gasteiger partial charge in [-0.3, -0.25) is 19.2 Å². The Balaban J connectivity index is 1.48. The maximum atomic E-state index is 13.5. The van der Waals surface area contributed by atoms with E-state index in [1.165, 1.54) is 0 Å². The molecule has 0 saturated heterocycles. The predicted octanol–water partition coefficient (Wildman–Crippen LogP) is 2.54. The lowest BCUT2D eigenvalue weighted by Crippen LogP contribution is -2.56. The van der Waals surface area contributed by atoms with Gasteiger partial charge in [0.05, 0.1) is 12.5 Å². The van der Waals surface area contributed by atoms with Gasteiger partial charge in [0.2, 0.25) is 17.7 Å². The molecule has 0 bridgehead atoms. The van der Waals surface area contributed by atoms with E-state index in [4.69, 9.17) is 16.2 Å². The highest BCUT2D eigenvalue weighted by Crippen LogP contribution is 2.20. The van der Waals surface area contributed by atoms with Gasteiger partial charge in [0.15, 0.2) is 0 Å². The summed E-state index contributed by atoms with van der Waals surface area (Å²) in [5.74, 6) is -2.84. The largest absolute Gasteiger partial charge is 0.461 e. The molecule has 0 radical (unpaired) electrons. The number of primary amides is 1. The second-order valence-corrected chi connectivity index (χ2v) is 10.0. The number of benzene rings is 4. The van der Waals surface area contributed by atoms with Crippen LogP contribution in [0.5, 0.6) is 0 Å². The van der Waals surface area contributed by atoms with Gasteiger partial charge in [-0.25, -0.2) is 0 Å². The normalized spacial score (nSPS) is 13.0. The molecule has 9 heteroatoms. The van der Waals surface area contributed by atoms with Crippen LogP contribution in [0.25, 0.3) is 10.8 Å². The van der Waals surface area contributed by atoms with Crippen molar-refractivity contribution in [2.45, 2.75) is 44.0 Å². The number of nitrogens with two attached hydrogens (primary N) is 2. The number of ether oxygens (including phenoxy) is 1. The quantitative estimate of drug-likeness (QED) is 0.182. The highest BCUT2D eigenvalue weighted by molar-refractivity contribution is 5.95. The Labute approximate surface area is 244 Å². The Kier molecular flexibility index (Phi) is 10.4. The lowest BCUT2D eigenvalue weighted by molar-refractivity contribution is -0.147. The minimum Gasteiger partial charge on any atom is -0.461 e. The summed E-state index contributed by atoms with van der Waals surface area (Å²) in [5, 5.41) is 7.09. The molecule has 9 nitrogen and oxygen atoms in total. The van der Waals surface area contributed by atoms with Crippen LogP contribution in [0.4, 0.5) is 0 Å². The first kappa shape index (κ1) is 30.0. The molecule has 0 aliphatic rings. The molecule has 6 N–H and O–H groups in total. The molecule has 4 aromatic rings. The standard InChI is InChI=1S/C33H34N4O5/c34-27(18-22-10-3-1-4-11-22)32(40)37-29(20-30(38)42-21-23-12-5-2-6-13-23)33(41)36-28(31(35)39)19-25-16-9-15-24-14-7-8-17-26(24)25/h1-17,27-29H,18-21,34H2,(H2,35,39)(H,36,41)(H,37,40)/t27-,28-,29-/m0/s1. The lowest BCUT2D eigenvalue weighted by Gasteiger charge is -2.23. The number of hydrogen-bond acceptors (Lipinski definition) is 6. The summed E-state index contributed by atoms with van der Waals surface area (Å²) >= 11 is 0. The second-order valence-electron chi connectivity index (χ2n) is 10.0. The number of hydrogen-bond donors (Lipinski definition) is 4. The lowest BCUT2D eigenvalue weighted by atomic mass is 9.98. The molecule has 0 fully saturated rings. The predicted molar refractivity (Wildman–Crippen MR) is 160 cm³/mol. The number of esters is 1. The summed E-state index contributed by atoms with van der Waals surface area (Å²) < 4.78 is 5.35. The third-order valence-corrected chi connectivity index (χ3v) is 6.85. The number of fused-ring (bicyclic) bond motifs is 1. The smallest absolute Gasteiger partial charge is 0.308 e. The van der Waals surface area contributed by atoms with Gasteiger partial charge in [-0.05, 0) is 33.9 Å². The summed E-state index contributed by atoms with van der Waals surface area (Å²) in [4.78, 5) is 51.7. The van der Waals surface area contributed by atoms with E-state index in [0.29, 0.717) is 0 Å². The van der Waals surface area contributed by atoms with E-state index in [1.807, 2.05) is 91.0 Å². The van der Waals surface area contributed by atoms with Gasteiger partial charge in [0.1, 0.15) is 18.7 Å². The van der Waals surface area contributed by atoms with Crippen LogP contribution in [0.3, 0.4) is 0 Å². The average molecular weight is 567 g/mol. The van der Waals surface area contributed by atoms with E-state index < -0.39 is 48.2 Å². The van der Waals surface area contributed by atoms with Gasteiger partial charge in [-0.2, -0.15) is 0 Å². The summed E-state index contributed by atoms with van der Waals surface area (Å²) in [5.41, 5.74) is 14.2. The van der Waals surface area contributed by atoms with Crippen molar-refractivity contribution in [3.63, 3.8) is 0 Å². The second kappa shape index (κ2) is 14.6. The summed E-state index contributed by atoms with van der Waals surface area (Å²) in [6.45, 7) is 0.000468. The molecule has 0 aromatic heterocycles. The van der Waals surface area contributed by atoms with Crippen molar-refractivity contribution in [2.24, 2.45) is 11.5 Å². The van der Waals surface area contributed by atoms with Crippen molar-refractivity contribution < 1.29 is 23.9 Å². The zero-order valence-corrected chi connectivity index (χ0v) is 23.1. The molecule has 4 rings (SSSR count). The third kappa shape index (κ3) is 8.49. The first-order valence-electron chi connectivity index (χ1n) is 13.7. The minimum atomic E-state index is -1.35. The Hall–Kier alpha value is -5.02. The van der Waals surface area contributed by atoms with Crippen LogP contribution in [0, 0.1) is 0 Å². The monoisotopic (exact) mass is 566 g/mol. The van der Waals surface area contributed by atoms with Crippen LogP contribution in [-0.2, 0) is 43.4 Å². The molecule has 0 spiro atoms. The van der Waals surface area contributed by atoms with Gasteiger partial charge < -0.3 is 26.8 Å². The molecule has 0 unspecified atom stereocenters. The van der Waals surface area contributed by atoms with E-state index >= 15 is 0 Å². The van der Waals surface area contributed by atoms with Crippen LogP contribution in [-0.4, -0.2) is 41.8 Å². The molecule has 0 aliphatic carbocycles. The third-order valence-electron chi connectivity index (χ3n) is 6.85. The van der Waals surface area contributed by atoms with Gasteiger partial charge in [-0.15, -0.1) is 0 Å². The molecular formula is C33H34N4O5. The number of carbonyl (C=O) groups excluding carboxylic acids is 4. The fourth-order valence-electron chi connectivity index (χ4n) is 4.60. The zero-order valence-electron chi connectivity index (χ0n) is 23.1. The van der Waals surface area contributed by atoms with Crippen LogP contribution in [0.1, 0.15) is 23.1 Å². The topological polar surface area (TPSA) is 154 Å². The Morgan fingerprint density at radius 3 is 1.95 bits per heavy atom. The van der Waals surface area contributed by atoms with E-state index in [2.05, 4.69) is 10.6 Å². The molecule has 3 atom stereocenters. The Morgan fingerprint density at radius 1 is 0.667 bits per heavy atom. The molecule has 0 aliphatic heterocycles. The van der Waals surface area contributed by atoms with Crippen molar-refractivity contribution >= 4 is 34.5 Å². The van der Waals surface area contributed by atoms with Gasteiger partial charge >= 0.3 is 5.97 Å². The Morgan fingerprint density at radius 2 is 1.26 bits per heavy atom. The fraction of sp³-hybridized carbons (Fsp3) is 0.212. The van der Waals surface area contributed by atoms with E-state index in [-0.39, 0.29) is 19.4 Å². The maximum absolute atomic E-state index is 13.5. The van der Waals surface area contributed by atoms with Crippen LogP contribution < -0.4 is 22.1 Å². The van der Waals surface area contributed by atoms with Crippen molar-refractivity contribution in [2.75, 3.05) is 0 Å². The summed E-state index contributed by atoms with van der Waals surface area (Å²) in [6, 6.07) is 28.1. The van der Waals surface area contributed by atoms with Crippen molar-refractivity contribution in [3.05, 3.63) is 120 Å². The summed E-state index contributed by atoms with van der Waals surface area (Å²) in [6.07, 6.45) is -0.123. The molecule has 3 amide bonds. The number of carbonyl (C=O) groups is 4. The van der Waals surface area contributed by atoms with E-state index in [0.717, 1.165) is 27.5 Å². The number of nitrogens with one attached hydrogen (secondary N) is 2. The zero-order chi connectivity index (χ0) is 29.9. The minimum absolute atomic E-state index is 0.000468. The highest BCUT2D eigenvalue weighted by atomic mass is 16.5. The Bertz CT molecular complexity index is 1520. The molecule has 216 valence electrons. The molecule has 0 saturated carbocycles. The van der Waals surface area contributed by atoms with Crippen LogP contribution in [0.15, 0.2) is 103 Å². The van der Waals surface area contributed by atoms with Gasteiger partial charge in [0, 0.05) is 6.42 Å². The van der Waals surface area contributed by atoms with Crippen molar-refractivity contribution in [3.8, 4) is 0 Å². The first-order valence-corrected chi connectivity index (χ1v) is 13.7. The number of amides is 3. The van der Waals surface area contributed by atoms with E-state index in [9.17, 15) is 19.2 Å². The molecular weight excluding hydrogens is 532 g/mol. The van der Waals surface area contributed by atoms with Gasteiger partial charge in [0.25, 0.3) is 0 Å². The van der Waals surface area contributed by atoms with Crippen molar-refractivity contribution in [1.29, 1.82) is 0 Å². The van der Waals surface area contributed by atoms with Gasteiger partial charge in [-0.1, -0.05) is 103 Å². The first-order chi connectivity index (χ1) is 20.3. The SMILES string of the molecule is NC(=O)[C@H](Cc1cccc2ccccc12)NC(=O)[C@H](CC(=O)OCc1ccccc1)NC(=O)[C@@H](N)Cc1ccccc1. The van der Waals surface area contributed by atoms with Crippen molar-refractivity contribution in [1.82, 2.24) is 10.6 Å². The summed E-state index contributed by atoms with van der Waals surface area (Å²) in [7, 11) is 0. The molecule has 4 aromatic carbocycles. The molecule has 0 heterocycles. The maximum Gasteiger partial charge on any atom is 0.308 e. The van der Waals surface area contributed by atoms with E-state index in [1.54, 1.807) is 12.1 Å². The van der Waals surface area contributed by atoms with Crippen LogP contribution in [0.2, 0.25) is 0 Å². The average Bonchev–Trinajstić information content (AvgIpc) is 3.00. The number of rotatable bonds is 13. The molecule has 42 heavy (non-hydrogen) atoms. The van der Waals surface area contributed by atoms with Crippen LogP contribution >= 0.6 is 0 Å². The highest BCUT2D eigenvalue weighted by Gasteiger charge is 2.30. The fourth-order valence-corrected chi connectivity index (χ4v) is 4.60.